The minimum atomic E-state index is -0.0510. The molecule has 1 nitrogen and oxygen atoms in total. The topological polar surface area (TPSA) is 20.2 Å². The van der Waals surface area contributed by atoms with E-state index in [0.717, 1.165) is 5.57 Å². The summed E-state index contributed by atoms with van der Waals surface area (Å²) in [5.41, 5.74) is 2.25. The number of rotatable bonds is 0. The van der Waals surface area contributed by atoms with Crippen LogP contribution in [0.5, 0.6) is 0 Å². The molecule has 1 heteroatoms. The molecule has 0 aromatic rings. The lowest BCUT2D eigenvalue weighted by molar-refractivity contribution is 0.350. The third-order valence-corrected chi connectivity index (χ3v) is 1.10. The lowest BCUT2D eigenvalue weighted by Gasteiger charge is -1.89. The van der Waals surface area contributed by atoms with E-state index < -0.39 is 0 Å². The maximum atomic E-state index is 8.30. The second kappa shape index (κ2) is 4.17. The zero-order valence-corrected chi connectivity index (χ0v) is 6.15. The fourth-order valence-electron chi connectivity index (χ4n) is 0.297. The van der Waals surface area contributed by atoms with E-state index in [1.807, 2.05) is 20.8 Å². The van der Waals surface area contributed by atoms with Gasteiger partial charge in [0.25, 0.3) is 0 Å². The van der Waals surface area contributed by atoms with Crippen LogP contribution in [0.15, 0.2) is 11.1 Å². The predicted molar refractivity (Wildman–Crippen MR) is 38.9 cm³/mol. The first-order chi connectivity index (χ1) is 4.18. The summed E-state index contributed by atoms with van der Waals surface area (Å²) in [4.78, 5) is 0. The van der Waals surface area contributed by atoms with E-state index in [4.69, 9.17) is 5.11 Å². The number of hydrogen-bond acceptors (Lipinski definition) is 1. The van der Waals surface area contributed by atoms with Crippen LogP contribution in [0.2, 0.25) is 0 Å². The van der Waals surface area contributed by atoms with E-state index >= 15 is 0 Å². The normalized spacial score (nSPS) is 7.56. The first kappa shape index (κ1) is 8.26. The molecule has 0 unspecified atom stereocenters. The average Bonchev–Trinajstić information content (AvgIpc) is 1.82. The van der Waals surface area contributed by atoms with Crippen LogP contribution in [-0.4, -0.2) is 11.7 Å². The molecule has 0 saturated heterocycles. The SMILES string of the molecule is CC(C)=C(C)C#CCO. The predicted octanol–water partition coefficient (Wildman–Crippen LogP) is 1.34. The van der Waals surface area contributed by atoms with E-state index in [0.29, 0.717) is 0 Å². The molecule has 0 radical (unpaired) electrons. The Hall–Kier alpha value is -0.740. The highest BCUT2D eigenvalue weighted by Gasteiger charge is 1.81. The zero-order valence-electron chi connectivity index (χ0n) is 6.15. The van der Waals surface area contributed by atoms with Crippen molar-refractivity contribution in [2.75, 3.05) is 6.61 Å². The fourth-order valence-corrected chi connectivity index (χ4v) is 0.297. The Morgan fingerprint density at radius 1 is 1.33 bits per heavy atom. The van der Waals surface area contributed by atoms with Crippen molar-refractivity contribution in [1.29, 1.82) is 0 Å². The van der Waals surface area contributed by atoms with Crippen LogP contribution in [0, 0.1) is 11.8 Å². The van der Waals surface area contributed by atoms with Crippen molar-refractivity contribution in [3.05, 3.63) is 11.1 Å². The summed E-state index contributed by atoms with van der Waals surface area (Å²) < 4.78 is 0. The molecule has 0 amide bonds. The summed E-state index contributed by atoms with van der Waals surface area (Å²) in [6, 6.07) is 0. The maximum Gasteiger partial charge on any atom is 0.104 e. The summed E-state index contributed by atoms with van der Waals surface area (Å²) in [5.74, 6) is 5.39. The zero-order chi connectivity index (χ0) is 7.28. The van der Waals surface area contributed by atoms with E-state index in [-0.39, 0.29) is 6.61 Å². The molecular formula is C8H12O. The molecule has 1 N–H and O–H groups in total. The fraction of sp³-hybridized carbons (Fsp3) is 0.500. The van der Waals surface area contributed by atoms with Gasteiger partial charge < -0.3 is 5.11 Å². The van der Waals surface area contributed by atoms with Crippen LogP contribution in [0.25, 0.3) is 0 Å². The molecular weight excluding hydrogens is 112 g/mol. The molecule has 0 aliphatic carbocycles. The number of hydrogen-bond donors (Lipinski definition) is 1. The molecule has 0 fully saturated rings. The third kappa shape index (κ3) is 3.81. The molecule has 9 heavy (non-hydrogen) atoms. The van der Waals surface area contributed by atoms with Crippen molar-refractivity contribution in [2.45, 2.75) is 20.8 Å². The summed E-state index contributed by atoms with van der Waals surface area (Å²) in [6.45, 7) is 5.89. The van der Waals surface area contributed by atoms with Gasteiger partial charge in [-0.3, -0.25) is 0 Å². The highest BCUT2D eigenvalue weighted by molar-refractivity contribution is 5.29. The van der Waals surface area contributed by atoms with Gasteiger partial charge in [0.2, 0.25) is 0 Å². The Kier molecular flexibility index (Phi) is 3.83. The Morgan fingerprint density at radius 2 is 1.89 bits per heavy atom. The highest BCUT2D eigenvalue weighted by Crippen LogP contribution is 1.98. The van der Waals surface area contributed by atoms with Crippen molar-refractivity contribution < 1.29 is 5.11 Å². The lowest BCUT2D eigenvalue weighted by Crippen LogP contribution is -1.76. The van der Waals surface area contributed by atoms with Gasteiger partial charge in [-0.25, -0.2) is 0 Å². The smallest absolute Gasteiger partial charge is 0.104 e. The quantitative estimate of drug-likeness (QED) is 0.483. The molecule has 0 bridgehead atoms. The molecule has 0 heterocycles. The second-order valence-electron chi connectivity index (χ2n) is 2.08. The molecule has 0 spiro atoms. The molecule has 0 aliphatic rings. The molecule has 50 valence electrons. The number of aliphatic hydroxyl groups is 1. The van der Waals surface area contributed by atoms with E-state index in [1.165, 1.54) is 5.57 Å². The van der Waals surface area contributed by atoms with Gasteiger partial charge in [-0.05, 0) is 26.3 Å². The van der Waals surface area contributed by atoms with Crippen LogP contribution < -0.4 is 0 Å². The summed E-state index contributed by atoms with van der Waals surface area (Å²) >= 11 is 0. The van der Waals surface area contributed by atoms with Crippen LogP contribution >= 0.6 is 0 Å². The van der Waals surface area contributed by atoms with Gasteiger partial charge in [-0.2, -0.15) is 0 Å². The highest BCUT2D eigenvalue weighted by atomic mass is 16.2. The Balaban J connectivity index is 4.07. The van der Waals surface area contributed by atoms with Gasteiger partial charge in [-0.15, -0.1) is 0 Å². The average molecular weight is 124 g/mol. The third-order valence-electron chi connectivity index (χ3n) is 1.10. The lowest BCUT2D eigenvalue weighted by atomic mass is 10.2. The van der Waals surface area contributed by atoms with Gasteiger partial charge in [-0.1, -0.05) is 17.4 Å². The van der Waals surface area contributed by atoms with Crippen molar-refractivity contribution in [3.63, 3.8) is 0 Å². The van der Waals surface area contributed by atoms with Crippen molar-refractivity contribution in [1.82, 2.24) is 0 Å². The minimum Gasteiger partial charge on any atom is -0.384 e. The Labute approximate surface area is 56.4 Å². The van der Waals surface area contributed by atoms with Crippen LogP contribution in [0.1, 0.15) is 20.8 Å². The number of allylic oxidation sites excluding steroid dienone is 2. The monoisotopic (exact) mass is 124 g/mol. The molecule has 0 saturated carbocycles. The molecule has 0 aromatic heterocycles. The first-order valence-corrected chi connectivity index (χ1v) is 2.92. The standard InChI is InChI=1S/C8H12O/c1-7(2)8(3)5-4-6-9/h9H,6H2,1-3H3. The van der Waals surface area contributed by atoms with Crippen LogP contribution in [-0.2, 0) is 0 Å². The summed E-state index contributed by atoms with van der Waals surface area (Å²) in [6.07, 6.45) is 0. The van der Waals surface area contributed by atoms with Gasteiger partial charge in [0.1, 0.15) is 6.61 Å². The molecule has 0 aliphatic heterocycles. The molecule has 0 rings (SSSR count). The van der Waals surface area contributed by atoms with Crippen molar-refractivity contribution in [2.24, 2.45) is 0 Å². The van der Waals surface area contributed by atoms with E-state index in [9.17, 15) is 0 Å². The number of aliphatic hydroxyl groups excluding tert-OH is 1. The first-order valence-electron chi connectivity index (χ1n) is 2.92. The van der Waals surface area contributed by atoms with Crippen molar-refractivity contribution in [3.8, 4) is 11.8 Å². The van der Waals surface area contributed by atoms with Gasteiger partial charge in [0.15, 0.2) is 0 Å². The Morgan fingerprint density at radius 3 is 2.22 bits per heavy atom. The van der Waals surface area contributed by atoms with Gasteiger partial charge in [0.05, 0.1) is 0 Å². The summed E-state index contributed by atoms with van der Waals surface area (Å²) in [7, 11) is 0. The van der Waals surface area contributed by atoms with Crippen LogP contribution in [0.4, 0.5) is 0 Å². The largest absolute Gasteiger partial charge is 0.384 e. The second-order valence-corrected chi connectivity index (χ2v) is 2.08. The van der Waals surface area contributed by atoms with E-state index in [2.05, 4.69) is 11.8 Å². The summed E-state index contributed by atoms with van der Waals surface area (Å²) in [5, 5.41) is 8.30. The molecule has 0 atom stereocenters. The van der Waals surface area contributed by atoms with Crippen LogP contribution in [0.3, 0.4) is 0 Å². The Bertz CT molecular complexity index is 163. The maximum absolute atomic E-state index is 8.30. The van der Waals surface area contributed by atoms with Gasteiger partial charge >= 0.3 is 0 Å². The molecule has 0 aromatic carbocycles. The minimum absolute atomic E-state index is 0.0510. The van der Waals surface area contributed by atoms with E-state index in [1.54, 1.807) is 0 Å². The van der Waals surface area contributed by atoms with Gasteiger partial charge in [0, 0.05) is 0 Å². The van der Waals surface area contributed by atoms with Crippen molar-refractivity contribution >= 4 is 0 Å².